The van der Waals surface area contributed by atoms with Crippen LogP contribution in [0.5, 0.6) is 0 Å². The van der Waals surface area contributed by atoms with Crippen LogP contribution in [0.25, 0.3) is 0 Å². The van der Waals surface area contributed by atoms with E-state index in [9.17, 15) is 8.42 Å². The number of methoxy groups -OCH3 is 1. The van der Waals surface area contributed by atoms with Gasteiger partial charge in [-0.3, -0.25) is 15.5 Å². The van der Waals surface area contributed by atoms with E-state index in [0.29, 0.717) is 10.1 Å². The number of hydrogen-bond acceptors (Lipinski definition) is 8. The number of nitrogens with one attached hydrogen (secondary N) is 3. The van der Waals surface area contributed by atoms with Crippen LogP contribution in [0.1, 0.15) is 11.6 Å². The highest BCUT2D eigenvalue weighted by molar-refractivity contribution is 8.00. The number of nitrogens with zero attached hydrogens (tertiary/aromatic N) is 1. The number of thioether (sulfide) groups is 1. The van der Waals surface area contributed by atoms with Crippen molar-refractivity contribution in [3.05, 3.63) is 29.8 Å². The summed E-state index contributed by atoms with van der Waals surface area (Å²) in [6, 6.07) is 7.02. The monoisotopic (exact) mass is 400 g/mol. The number of rotatable bonds is 6. The van der Waals surface area contributed by atoms with E-state index in [-0.39, 0.29) is 18.4 Å². The van der Waals surface area contributed by atoms with Crippen molar-refractivity contribution in [3.63, 3.8) is 0 Å². The molecule has 2 fully saturated rings. The second-order valence-corrected chi connectivity index (χ2v) is 10.2. The van der Waals surface area contributed by atoms with Crippen LogP contribution in [0.15, 0.2) is 29.2 Å². The smallest absolute Gasteiger partial charge is 0.175 e. The van der Waals surface area contributed by atoms with E-state index in [0.717, 1.165) is 31.1 Å². The molecule has 146 valence electrons. The van der Waals surface area contributed by atoms with Gasteiger partial charge < -0.3 is 10.1 Å². The Balaban J connectivity index is 1.71. The first-order chi connectivity index (χ1) is 12.4. The molecule has 1 aromatic carbocycles. The van der Waals surface area contributed by atoms with Crippen molar-refractivity contribution in [1.82, 2.24) is 20.9 Å². The SMILES string of the molecule is COC1C(c2ccc(S(C)(=O)=O)cc2)NC(NCC2CNCS2)CN1C. The summed E-state index contributed by atoms with van der Waals surface area (Å²) in [5.74, 6) is 1.02. The fourth-order valence-corrected chi connectivity index (χ4v) is 5.03. The molecule has 3 N–H and O–H groups in total. The Morgan fingerprint density at radius 2 is 2.08 bits per heavy atom. The van der Waals surface area contributed by atoms with E-state index in [1.54, 1.807) is 19.2 Å². The molecule has 7 nitrogen and oxygen atoms in total. The second-order valence-electron chi connectivity index (χ2n) is 6.90. The summed E-state index contributed by atoms with van der Waals surface area (Å²) in [6.07, 6.45) is 1.26. The van der Waals surface area contributed by atoms with Crippen molar-refractivity contribution >= 4 is 21.6 Å². The Bertz CT molecular complexity index is 692. The van der Waals surface area contributed by atoms with Crippen molar-refractivity contribution in [2.45, 2.75) is 28.6 Å². The van der Waals surface area contributed by atoms with Crippen LogP contribution in [-0.2, 0) is 14.6 Å². The van der Waals surface area contributed by atoms with Crippen LogP contribution in [0.2, 0.25) is 0 Å². The molecule has 0 saturated carbocycles. The lowest BCUT2D eigenvalue weighted by Gasteiger charge is -2.43. The van der Waals surface area contributed by atoms with E-state index in [1.165, 1.54) is 6.26 Å². The van der Waals surface area contributed by atoms with Crippen molar-refractivity contribution < 1.29 is 13.2 Å². The van der Waals surface area contributed by atoms with Gasteiger partial charge in [0.2, 0.25) is 0 Å². The minimum absolute atomic E-state index is 0.0424. The summed E-state index contributed by atoms with van der Waals surface area (Å²) in [6.45, 7) is 2.82. The highest BCUT2D eigenvalue weighted by atomic mass is 32.2. The van der Waals surface area contributed by atoms with Crippen molar-refractivity contribution in [2.75, 3.05) is 45.9 Å². The van der Waals surface area contributed by atoms with Gasteiger partial charge in [-0.25, -0.2) is 8.42 Å². The van der Waals surface area contributed by atoms with Crippen LogP contribution in [0.3, 0.4) is 0 Å². The summed E-state index contributed by atoms with van der Waals surface area (Å²) in [4.78, 5) is 2.52. The molecule has 4 atom stereocenters. The van der Waals surface area contributed by atoms with E-state index >= 15 is 0 Å². The van der Waals surface area contributed by atoms with Crippen molar-refractivity contribution in [1.29, 1.82) is 0 Å². The fraction of sp³-hybridized carbons (Fsp3) is 0.647. The van der Waals surface area contributed by atoms with Gasteiger partial charge in [0.1, 0.15) is 6.23 Å². The van der Waals surface area contributed by atoms with Gasteiger partial charge in [0.15, 0.2) is 9.84 Å². The minimum Gasteiger partial charge on any atom is -0.364 e. The van der Waals surface area contributed by atoms with Crippen molar-refractivity contribution in [3.8, 4) is 0 Å². The molecule has 2 heterocycles. The molecule has 9 heteroatoms. The maximum atomic E-state index is 11.7. The summed E-state index contributed by atoms with van der Waals surface area (Å²) < 4.78 is 29.1. The molecule has 0 aromatic heterocycles. The molecule has 4 unspecified atom stereocenters. The average molecular weight is 401 g/mol. The topological polar surface area (TPSA) is 82.7 Å². The Hall–Kier alpha value is -0.680. The number of likely N-dealkylation sites (N-methyl/N-ethyl adjacent to an activating group) is 1. The predicted octanol–water partition coefficient (Wildman–Crippen LogP) is 0.217. The van der Waals surface area contributed by atoms with Gasteiger partial charge in [-0.05, 0) is 24.7 Å². The van der Waals surface area contributed by atoms with E-state index in [4.69, 9.17) is 4.74 Å². The molecule has 0 bridgehead atoms. The van der Waals surface area contributed by atoms with Gasteiger partial charge in [0.25, 0.3) is 0 Å². The largest absolute Gasteiger partial charge is 0.364 e. The molecule has 0 spiro atoms. The average Bonchev–Trinajstić information content (AvgIpc) is 3.12. The summed E-state index contributed by atoms with van der Waals surface area (Å²) in [7, 11) is 0.561. The zero-order chi connectivity index (χ0) is 18.7. The molecule has 26 heavy (non-hydrogen) atoms. The van der Waals surface area contributed by atoms with E-state index in [1.807, 2.05) is 30.9 Å². The van der Waals surface area contributed by atoms with Crippen LogP contribution in [0, 0.1) is 0 Å². The standard InChI is InChI=1S/C17H28N4O3S2/c1-21-10-15(19-9-13-8-18-11-25-13)20-16(17(21)24-2)12-4-6-14(7-5-12)26(3,22)23/h4-7,13,15-20H,8-11H2,1-3H3. The summed E-state index contributed by atoms with van der Waals surface area (Å²) in [5.41, 5.74) is 1.01. The normalized spacial score (nSPS) is 30.6. The maximum absolute atomic E-state index is 11.7. The first-order valence-corrected chi connectivity index (χ1v) is 11.7. The first-order valence-electron chi connectivity index (χ1n) is 8.73. The number of ether oxygens (including phenoxy) is 1. The molecule has 0 amide bonds. The number of hydrogen-bond donors (Lipinski definition) is 3. The molecule has 2 aliphatic heterocycles. The zero-order valence-electron chi connectivity index (χ0n) is 15.4. The van der Waals surface area contributed by atoms with Crippen LogP contribution >= 0.6 is 11.8 Å². The lowest BCUT2D eigenvalue weighted by molar-refractivity contribution is -0.0764. The molecular formula is C17H28N4O3S2. The molecule has 2 aliphatic rings. The van der Waals surface area contributed by atoms with Crippen LogP contribution in [0.4, 0.5) is 0 Å². The van der Waals surface area contributed by atoms with E-state index in [2.05, 4.69) is 20.9 Å². The van der Waals surface area contributed by atoms with Gasteiger partial charge in [0, 0.05) is 44.1 Å². The molecular weight excluding hydrogens is 372 g/mol. The Kier molecular flexibility index (Phi) is 6.60. The summed E-state index contributed by atoms with van der Waals surface area (Å²) in [5, 5.41) is 11.2. The number of benzene rings is 1. The Morgan fingerprint density at radius 3 is 2.65 bits per heavy atom. The zero-order valence-corrected chi connectivity index (χ0v) is 17.1. The fourth-order valence-electron chi connectivity index (χ4n) is 3.48. The molecule has 0 radical (unpaired) electrons. The third-order valence-electron chi connectivity index (χ3n) is 4.86. The van der Waals surface area contributed by atoms with Crippen LogP contribution < -0.4 is 16.0 Å². The quantitative estimate of drug-likeness (QED) is 0.626. The maximum Gasteiger partial charge on any atom is 0.175 e. The third-order valence-corrected chi connectivity index (χ3v) is 7.17. The highest BCUT2D eigenvalue weighted by Gasteiger charge is 2.35. The number of piperazine rings is 1. The molecule has 1 aromatic rings. The van der Waals surface area contributed by atoms with E-state index < -0.39 is 9.84 Å². The minimum atomic E-state index is -3.19. The predicted molar refractivity (Wildman–Crippen MR) is 105 cm³/mol. The van der Waals surface area contributed by atoms with Crippen molar-refractivity contribution in [2.24, 2.45) is 0 Å². The van der Waals surface area contributed by atoms with Gasteiger partial charge in [0.05, 0.1) is 17.1 Å². The highest BCUT2D eigenvalue weighted by Crippen LogP contribution is 2.26. The third kappa shape index (κ3) is 4.78. The lowest BCUT2D eigenvalue weighted by atomic mass is 10.0. The second kappa shape index (κ2) is 8.55. The molecule has 3 rings (SSSR count). The Morgan fingerprint density at radius 1 is 1.35 bits per heavy atom. The van der Waals surface area contributed by atoms with Gasteiger partial charge in [-0.1, -0.05) is 12.1 Å². The summed E-state index contributed by atoms with van der Waals surface area (Å²) >= 11 is 1.94. The van der Waals surface area contributed by atoms with Gasteiger partial charge in [-0.15, -0.1) is 11.8 Å². The first kappa shape index (κ1) is 20.1. The lowest BCUT2D eigenvalue weighted by Crippen LogP contribution is -2.62. The van der Waals surface area contributed by atoms with Gasteiger partial charge >= 0.3 is 0 Å². The van der Waals surface area contributed by atoms with Crippen LogP contribution in [-0.4, -0.2) is 76.9 Å². The number of sulfone groups is 1. The van der Waals surface area contributed by atoms with Gasteiger partial charge in [-0.2, -0.15) is 0 Å². The molecule has 2 saturated heterocycles. The molecule has 0 aliphatic carbocycles. The Labute approximate surface area is 160 Å².